The maximum absolute atomic E-state index is 5.72. The number of rotatable bonds is 4. The summed E-state index contributed by atoms with van der Waals surface area (Å²) >= 11 is 0. The van der Waals surface area contributed by atoms with Crippen molar-refractivity contribution in [1.82, 2.24) is 20.4 Å². The molecule has 1 radical (unpaired) electrons. The van der Waals surface area contributed by atoms with Gasteiger partial charge in [0.1, 0.15) is 11.5 Å². The normalized spacial score (nSPS) is 11.0. The number of nitrogens with zero attached hydrogens (tertiary/aromatic N) is 2. The number of hydrogen-bond donors (Lipinski definition) is 4. The molecule has 2 aromatic heterocycles. The zero-order valence-corrected chi connectivity index (χ0v) is 11.9. The molecule has 0 fully saturated rings. The zero-order chi connectivity index (χ0) is 15.8. The third-order valence-electron chi connectivity index (χ3n) is 3.50. The van der Waals surface area contributed by atoms with Crippen LogP contribution < -0.4 is 20.8 Å². The first-order valence-corrected chi connectivity index (χ1v) is 6.83. The highest BCUT2D eigenvalue weighted by molar-refractivity contribution is 6.21. The third kappa shape index (κ3) is 2.37. The molecule has 0 spiro atoms. The Balaban J connectivity index is 1.45. The fraction of sp³-hybridized carbons (Fsp3) is 0. The Morgan fingerprint density at radius 3 is 1.74 bits per heavy atom. The summed E-state index contributed by atoms with van der Waals surface area (Å²) in [5.41, 5.74) is 13.0. The maximum atomic E-state index is 5.72. The van der Waals surface area contributed by atoms with Gasteiger partial charge in [0.05, 0.1) is 11.0 Å². The number of nitrogens with one attached hydrogen (secondary N) is 2. The Morgan fingerprint density at radius 2 is 1.26 bits per heavy atom. The highest BCUT2D eigenvalue weighted by Crippen LogP contribution is 2.24. The van der Waals surface area contributed by atoms with Gasteiger partial charge in [-0.25, -0.2) is 0 Å². The molecule has 23 heavy (non-hydrogen) atoms. The molecule has 0 saturated heterocycles. The number of fused-ring (bicyclic) bond motifs is 2. The van der Waals surface area contributed by atoms with Crippen molar-refractivity contribution in [3.8, 4) is 11.5 Å². The first kappa shape index (κ1) is 13.3. The monoisotopic (exact) mass is 307 g/mol. The molecule has 2 heterocycles. The standard InChI is InChI=1S/C14H12BN6O2/c16-13-9-3-1-7(5-11(9)18-20-13)22-15-23-8-2-4-10-12(6-8)19-21-14(10)17/h1-6H,(H3,16,18,20)(H3,17,19,21). The molecule has 4 aromatic rings. The number of nitrogens with two attached hydrogens (primary N) is 2. The second kappa shape index (κ2) is 5.13. The smallest absolute Gasteiger partial charge is 0.526 e. The lowest BCUT2D eigenvalue weighted by Crippen LogP contribution is -2.10. The topological polar surface area (TPSA) is 128 Å². The number of aromatic nitrogens is 4. The third-order valence-corrected chi connectivity index (χ3v) is 3.50. The van der Waals surface area contributed by atoms with E-state index in [2.05, 4.69) is 20.4 Å². The van der Waals surface area contributed by atoms with E-state index in [1.54, 1.807) is 24.3 Å². The van der Waals surface area contributed by atoms with Gasteiger partial charge >= 0.3 is 7.69 Å². The van der Waals surface area contributed by atoms with Crippen molar-refractivity contribution >= 4 is 41.1 Å². The van der Waals surface area contributed by atoms with E-state index in [-0.39, 0.29) is 0 Å². The number of aromatic amines is 2. The SMILES string of the molecule is Nc1n[nH]c2cc(O[B]Oc3ccc4c(N)n[nH]c4c3)ccc12. The molecule has 2 aromatic carbocycles. The highest BCUT2D eigenvalue weighted by Gasteiger charge is 2.07. The molecule has 0 bridgehead atoms. The Hall–Kier alpha value is -3.36. The fourth-order valence-corrected chi connectivity index (χ4v) is 2.32. The molecule has 0 unspecified atom stereocenters. The van der Waals surface area contributed by atoms with Crippen LogP contribution in [0.15, 0.2) is 36.4 Å². The predicted molar refractivity (Wildman–Crippen MR) is 88.0 cm³/mol. The van der Waals surface area contributed by atoms with Gasteiger partial charge in [0.2, 0.25) is 0 Å². The van der Waals surface area contributed by atoms with E-state index in [9.17, 15) is 0 Å². The fourth-order valence-electron chi connectivity index (χ4n) is 2.32. The van der Waals surface area contributed by atoms with Crippen LogP contribution in [0.5, 0.6) is 11.5 Å². The van der Waals surface area contributed by atoms with Crippen LogP contribution >= 0.6 is 0 Å². The number of benzene rings is 2. The molecule has 6 N–H and O–H groups in total. The first-order valence-electron chi connectivity index (χ1n) is 6.83. The van der Waals surface area contributed by atoms with E-state index in [1.165, 1.54) is 7.69 Å². The minimum absolute atomic E-state index is 0.457. The van der Waals surface area contributed by atoms with Crippen LogP contribution in [-0.4, -0.2) is 28.1 Å². The van der Waals surface area contributed by atoms with Crippen molar-refractivity contribution in [3.63, 3.8) is 0 Å². The van der Waals surface area contributed by atoms with Crippen molar-refractivity contribution in [2.45, 2.75) is 0 Å². The lowest BCUT2D eigenvalue weighted by molar-refractivity contribution is 0.459. The van der Waals surface area contributed by atoms with Crippen LogP contribution in [0, 0.1) is 0 Å². The molecule has 9 heteroatoms. The van der Waals surface area contributed by atoms with E-state index >= 15 is 0 Å². The van der Waals surface area contributed by atoms with Crippen molar-refractivity contribution in [2.24, 2.45) is 0 Å². The van der Waals surface area contributed by atoms with Crippen LogP contribution in [-0.2, 0) is 0 Å². The Morgan fingerprint density at radius 1 is 0.783 bits per heavy atom. The number of hydrogen-bond acceptors (Lipinski definition) is 6. The van der Waals surface area contributed by atoms with E-state index in [0.29, 0.717) is 23.1 Å². The van der Waals surface area contributed by atoms with Crippen LogP contribution in [0.4, 0.5) is 11.6 Å². The van der Waals surface area contributed by atoms with Gasteiger partial charge in [0.25, 0.3) is 0 Å². The van der Waals surface area contributed by atoms with Gasteiger partial charge in [-0.2, -0.15) is 10.2 Å². The summed E-state index contributed by atoms with van der Waals surface area (Å²) in [6.45, 7) is 0. The largest absolute Gasteiger partial charge is 0.658 e. The summed E-state index contributed by atoms with van der Waals surface area (Å²) < 4.78 is 10.9. The molecule has 113 valence electrons. The summed E-state index contributed by atoms with van der Waals surface area (Å²) in [7, 11) is 1.25. The van der Waals surface area contributed by atoms with Gasteiger partial charge in [0.15, 0.2) is 11.6 Å². The van der Waals surface area contributed by atoms with Gasteiger partial charge in [-0.15, -0.1) is 0 Å². The van der Waals surface area contributed by atoms with Gasteiger partial charge in [0, 0.05) is 22.9 Å². The minimum Gasteiger partial charge on any atom is -0.526 e. The van der Waals surface area contributed by atoms with Crippen molar-refractivity contribution in [3.05, 3.63) is 36.4 Å². The number of nitrogen functional groups attached to an aromatic ring is 2. The molecule has 0 amide bonds. The first-order chi connectivity index (χ1) is 11.2. The summed E-state index contributed by atoms with van der Waals surface area (Å²) in [5, 5.41) is 15.2. The molecule has 0 aliphatic heterocycles. The van der Waals surface area contributed by atoms with Crippen LogP contribution in [0.25, 0.3) is 21.8 Å². The Labute approximate surface area is 131 Å². The van der Waals surface area contributed by atoms with Gasteiger partial charge in [-0.3, -0.25) is 10.2 Å². The van der Waals surface area contributed by atoms with Gasteiger partial charge < -0.3 is 20.8 Å². The van der Waals surface area contributed by atoms with Crippen LogP contribution in [0.3, 0.4) is 0 Å². The Bertz CT molecular complexity index is 915. The zero-order valence-electron chi connectivity index (χ0n) is 11.9. The van der Waals surface area contributed by atoms with Crippen molar-refractivity contribution in [1.29, 1.82) is 0 Å². The number of H-pyrrole nitrogens is 2. The quantitative estimate of drug-likeness (QED) is 0.424. The summed E-state index contributed by atoms with van der Waals surface area (Å²) in [6.07, 6.45) is 0. The summed E-state index contributed by atoms with van der Waals surface area (Å²) in [6, 6.07) is 10.8. The van der Waals surface area contributed by atoms with E-state index in [0.717, 1.165) is 21.8 Å². The lowest BCUT2D eigenvalue weighted by Gasteiger charge is -2.06. The van der Waals surface area contributed by atoms with E-state index < -0.39 is 0 Å². The molecular formula is C14H12BN6O2. The molecule has 8 nitrogen and oxygen atoms in total. The van der Waals surface area contributed by atoms with E-state index in [1.807, 2.05) is 12.1 Å². The summed E-state index contributed by atoms with van der Waals surface area (Å²) in [5.74, 6) is 2.12. The second-order valence-corrected chi connectivity index (χ2v) is 4.96. The summed E-state index contributed by atoms with van der Waals surface area (Å²) in [4.78, 5) is 0. The Kier molecular flexibility index (Phi) is 2.97. The molecular weight excluding hydrogens is 295 g/mol. The predicted octanol–water partition coefficient (Wildman–Crippen LogP) is 1.60. The average Bonchev–Trinajstić information content (AvgIpc) is 3.11. The average molecular weight is 307 g/mol. The minimum atomic E-state index is 0.457. The van der Waals surface area contributed by atoms with Crippen molar-refractivity contribution < 1.29 is 9.31 Å². The van der Waals surface area contributed by atoms with E-state index in [4.69, 9.17) is 20.8 Å². The number of anilines is 2. The molecule has 0 saturated carbocycles. The molecule has 4 rings (SSSR count). The molecule has 0 atom stereocenters. The van der Waals surface area contributed by atoms with Gasteiger partial charge in [-0.1, -0.05) is 0 Å². The maximum Gasteiger partial charge on any atom is 0.658 e. The highest BCUT2D eigenvalue weighted by atomic mass is 16.6. The lowest BCUT2D eigenvalue weighted by atomic mass is 10.2. The molecule has 0 aliphatic rings. The second-order valence-electron chi connectivity index (χ2n) is 4.96. The van der Waals surface area contributed by atoms with Crippen LogP contribution in [0.2, 0.25) is 0 Å². The van der Waals surface area contributed by atoms with Crippen LogP contribution in [0.1, 0.15) is 0 Å². The van der Waals surface area contributed by atoms with Gasteiger partial charge in [-0.05, 0) is 24.3 Å². The molecule has 0 aliphatic carbocycles. The van der Waals surface area contributed by atoms with Crippen molar-refractivity contribution in [2.75, 3.05) is 11.5 Å².